The van der Waals surface area contributed by atoms with Gasteiger partial charge < -0.3 is 19.9 Å². The molecule has 1 fully saturated rings. The van der Waals surface area contributed by atoms with Crippen molar-refractivity contribution < 1.29 is 9.53 Å². The van der Waals surface area contributed by atoms with Crippen molar-refractivity contribution in [3.63, 3.8) is 0 Å². The zero-order chi connectivity index (χ0) is 18.4. The number of esters is 1. The highest BCUT2D eigenvalue weighted by Crippen LogP contribution is 2.19. The molecule has 0 unspecified atom stereocenters. The summed E-state index contributed by atoms with van der Waals surface area (Å²) >= 11 is 0. The van der Waals surface area contributed by atoms with Gasteiger partial charge in [-0.2, -0.15) is 0 Å². The SMILES string of the molecule is CN=C(NCCCc1c[nH]c2ccccc12)N1CCC(C(=O)OC)CC1.I. The standard InChI is InChI=1S/C20H28N4O2.HI/c1-21-20(24-12-9-15(10-13-24)19(25)26-2)22-11-5-6-16-14-23-18-8-4-3-7-17(16)18;/h3-4,7-8,14-15,23H,5-6,9-13H2,1-2H3,(H,21,22);1H. The first-order valence-corrected chi connectivity index (χ1v) is 9.31. The molecule has 1 saturated heterocycles. The van der Waals surface area contributed by atoms with Gasteiger partial charge in [-0.05, 0) is 37.3 Å². The van der Waals surface area contributed by atoms with Gasteiger partial charge in [-0.15, -0.1) is 24.0 Å². The lowest BCUT2D eigenvalue weighted by Crippen LogP contribution is -2.46. The van der Waals surface area contributed by atoms with Gasteiger partial charge in [0.2, 0.25) is 0 Å². The van der Waals surface area contributed by atoms with Crippen molar-refractivity contribution in [2.24, 2.45) is 10.9 Å². The van der Waals surface area contributed by atoms with Crippen LogP contribution in [0.4, 0.5) is 0 Å². The molecule has 0 saturated carbocycles. The van der Waals surface area contributed by atoms with Gasteiger partial charge in [0.05, 0.1) is 13.0 Å². The van der Waals surface area contributed by atoms with E-state index in [9.17, 15) is 4.79 Å². The number of aliphatic imine (C=N–C) groups is 1. The summed E-state index contributed by atoms with van der Waals surface area (Å²) in [5.41, 5.74) is 2.55. The molecule has 6 nitrogen and oxygen atoms in total. The Balaban J connectivity index is 0.00000261. The minimum Gasteiger partial charge on any atom is -0.469 e. The first-order valence-electron chi connectivity index (χ1n) is 9.31. The molecule has 1 aliphatic rings. The summed E-state index contributed by atoms with van der Waals surface area (Å²) in [6.45, 7) is 2.55. The molecule has 1 aliphatic heterocycles. The fraction of sp³-hybridized carbons (Fsp3) is 0.500. The van der Waals surface area contributed by atoms with Crippen molar-refractivity contribution in [1.82, 2.24) is 15.2 Å². The lowest BCUT2D eigenvalue weighted by atomic mass is 9.97. The van der Waals surface area contributed by atoms with E-state index in [2.05, 4.69) is 50.7 Å². The summed E-state index contributed by atoms with van der Waals surface area (Å²) in [6, 6.07) is 8.41. The number of benzene rings is 1. The van der Waals surface area contributed by atoms with Crippen molar-refractivity contribution in [1.29, 1.82) is 0 Å². The number of hydrogen-bond donors (Lipinski definition) is 2. The van der Waals surface area contributed by atoms with Crippen molar-refractivity contribution >= 4 is 46.8 Å². The Morgan fingerprint density at radius 1 is 1.33 bits per heavy atom. The molecule has 2 N–H and O–H groups in total. The first kappa shape index (κ1) is 21.5. The van der Waals surface area contributed by atoms with Crippen LogP contribution in [0.1, 0.15) is 24.8 Å². The van der Waals surface area contributed by atoms with E-state index in [-0.39, 0.29) is 35.9 Å². The highest BCUT2D eigenvalue weighted by atomic mass is 127. The largest absolute Gasteiger partial charge is 0.469 e. The molecule has 1 aromatic heterocycles. The number of aromatic nitrogens is 1. The van der Waals surface area contributed by atoms with Crippen molar-refractivity contribution in [2.75, 3.05) is 33.8 Å². The minimum absolute atomic E-state index is 0. The van der Waals surface area contributed by atoms with Crippen molar-refractivity contribution in [2.45, 2.75) is 25.7 Å². The summed E-state index contributed by atoms with van der Waals surface area (Å²) in [4.78, 5) is 21.6. The molecule has 3 rings (SSSR count). The average molecular weight is 484 g/mol. The predicted molar refractivity (Wildman–Crippen MR) is 120 cm³/mol. The van der Waals surface area contributed by atoms with Crippen LogP contribution in [0.25, 0.3) is 10.9 Å². The molecule has 0 bridgehead atoms. The number of halogens is 1. The normalized spacial score (nSPS) is 15.5. The second-order valence-electron chi connectivity index (χ2n) is 6.72. The monoisotopic (exact) mass is 484 g/mol. The Labute approximate surface area is 177 Å². The van der Waals surface area contributed by atoms with E-state index in [4.69, 9.17) is 4.74 Å². The number of para-hydroxylation sites is 1. The third kappa shape index (κ3) is 5.37. The van der Waals surface area contributed by atoms with Crippen LogP contribution >= 0.6 is 24.0 Å². The average Bonchev–Trinajstić information content (AvgIpc) is 3.11. The number of fused-ring (bicyclic) bond motifs is 1. The number of nitrogens with one attached hydrogen (secondary N) is 2. The number of ether oxygens (including phenoxy) is 1. The van der Waals surface area contributed by atoms with Crippen LogP contribution < -0.4 is 5.32 Å². The van der Waals surface area contributed by atoms with E-state index in [1.807, 2.05) is 7.05 Å². The lowest BCUT2D eigenvalue weighted by molar-refractivity contribution is -0.146. The smallest absolute Gasteiger partial charge is 0.308 e. The summed E-state index contributed by atoms with van der Waals surface area (Å²) in [5, 5.41) is 4.76. The van der Waals surface area contributed by atoms with Crippen LogP contribution in [0.2, 0.25) is 0 Å². The first-order chi connectivity index (χ1) is 12.7. The number of nitrogens with zero attached hydrogens (tertiary/aromatic N) is 2. The Kier molecular flexibility index (Phi) is 8.40. The predicted octanol–water partition coefficient (Wildman–Crippen LogP) is 3.18. The van der Waals surface area contributed by atoms with E-state index in [0.29, 0.717) is 0 Å². The molecule has 7 heteroatoms. The van der Waals surface area contributed by atoms with Crippen LogP contribution in [0.15, 0.2) is 35.5 Å². The van der Waals surface area contributed by atoms with Crippen LogP contribution in [-0.4, -0.2) is 55.6 Å². The quantitative estimate of drug-likeness (QED) is 0.225. The topological polar surface area (TPSA) is 69.7 Å². The number of carbonyl (C=O) groups is 1. The molecule has 2 aromatic rings. The second-order valence-corrected chi connectivity index (χ2v) is 6.72. The van der Waals surface area contributed by atoms with Gasteiger partial charge in [0, 0.05) is 43.8 Å². The molecule has 27 heavy (non-hydrogen) atoms. The highest BCUT2D eigenvalue weighted by Gasteiger charge is 2.26. The molecule has 0 atom stereocenters. The summed E-state index contributed by atoms with van der Waals surface area (Å²) < 4.78 is 4.85. The summed E-state index contributed by atoms with van der Waals surface area (Å²) in [6.07, 6.45) is 5.82. The molecule has 148 valence electrons. The fourth-order valence-corrected chi connectivity index (χ4v) is 3.64. The van der Waals surface area contributed by atoms with E-state index in [0.717, 1.165) is 51.3 Å². The van der Waals surface area contributed by atoms with Crippen LogP contribution in [0.3, 0.4) is 0 Å². The van der Waals surface area contributed by atoms with E-state index >= 15 is 0 Å². The third-order valence-corrected chi connectivity index (χ3v) is 5.12. The Morgan fingerprint density at radius 2 is 2.07 bits per heavy atom. The number of H-pyrrole nitrogens is 1. The van der Waals surface area contributed by atoms with Gasteiger partial charge in [0.1, 0.15) is 0 Å². The molecule has 0 radical (unpaired) electrons. The van der Waals surface area contributed by atoms with Gasteiger partial charge >= 0.3 is 5.97 Å². The summed E-state index contributed by atoms with van der Waals surface area (Å²) in [7, 11) is 3.28. The number of rotatable bonds is 5. The molecular weight excluding hydrogens is 455 g/mol. The Morgan fingerprint density at radius 3 is 2.78 bits per heavy atom. The number of hydrogen-bond acceptors (Lipinski definition) is 3. The van der Waals surface area contributed by atoms with Gasteiger partial charge in [-0.1, -0.05) is 18.2 Å². The highest BCUT2D eigenvalue weighted by molar-refractivity contribution is 14.0. The van der Waals surface area contributed by atoms with Crippen LogP contribution in [-0.2, 0) is 16.0 Å². The number of methoxy groups -OCH3 is 1. The maximum absolute atomic E-state index is 11.6. The minimum atomic E-state index is -0.0914. The zero-order valence-corrected chi connectivity index (χ0v) is 18.4. The lowest BCUT2D eigenvalue weighted by Gasteiger charge is -2.33. The molecular formula is C20H29IN4O2. The van der Waals surface area contributed by atoms with E-state index in [1.54, 1.807) is 0 Å². The zero-order valence-electron chi connectivity index (χ0n) is 16.0. The molecule has 0 aliphatic carbocycles. The van der Waals surface area contributed by atoms with E-state index in [1.165, 1.54) is 23.6 Å². The number of carbonyl (C=O) groups excluding carboxylic acids is 1. The Bertz CT molecular complexity index is 766. The van der Waals surface area contributed by atoms with Gasteiger partial charge in [0.15, 0.2) is 5.96 Å². The molecule has 2 heterocycles. The number of aryl methyl sites for hydroxylation is 1. The van der Waals surface area contributed by atoms with Gasteiger partial charge in [-0.25, -0.2) is 0 Å². The number of piperidine rings is 1. The van der Waals surface area contributed by atoms with Gasteiger partial charge in [0.25, 0.3) is 0 Å². The maximum Gasteiger partial charge on any atom is 0.308 e. The number of guanidine groups is 1. The van der Waals surface area contributed by atoms with Crippen molar-refractivity contribution in [3.05, 3.63) is 36.0 Å². The van der Waals surface area contributed by atoms with Gasteiger partial charge in [-0.3, -0.25) is 9.79 Å². The molecule has 0 spiro atoms. The number of likely N-dealkylation sites (tertiary alicyclic amines) is 1. The summed E-state index contributed by atoms with van der Waals surface area (Å²) in [5.74, 6) is 0.856. The number of aromatic amines is 1. The molecule has 1 aromatic carbocycles. The Hall–Kier alpha value is -1.77. The fourth-order valence-electron chi connectivity index (χ4n) is 3.64. The van der Waals surface area contributed by atoms with Crippen LogP contribution in [0.5, 0.6) is 0 Å². The third-order valence-electron chi connectivity index (χ3n) is 5.12. The van der Waals surface area contributed by atoms with Crippen molar-refractivity contribution in [3.8, 4) is 0 Å². The van der Waals surface area contributed by atoms with Crippen LogP contribution in [0, 0.1) is 5.92 Å². The maximum atomic E-state index is 11.6. The van der Waals surface area contributed by atoms with E-state index < -0.39 is 0 Å². The second kappa shape index (κ2) is 10.5. The molecule has 0 amide bonds.